The maximum Gasteiger partial charge on any atom is 0.304 e. The molecule has 0 saturated carbocycles. The van der Waals surface area contributed by atoms with Gasteiger partial charge in [-0.3, -0.25) is 9.59 Å². The van der Waals surface area contributed by atoms with E-state index in [0.29, 0.717) is 24.2 Å². The number of aryl methyl sites for hydroxylation is 1. The Labute approximate surface area is 80.5 Å². The quantitative estimate of drug-likeness (QED) is 0.774. The lowest BCUT2D eigenvalue weighted by Crippen LogP contribution is -2.23. The summed E-state index contributed by atoms with van der Waals surface area (Å²) in [5, 5.41) is 8.61. The first-order chi connectivity index (χ1) is 6.68. The molecule has 0 fully saturated rings. The Balaban J connectivity index is 2.21. The third-order valence-electron chi connectivity index (χ3n) is 2.52. The molecule has 74 valence electrons. The van der Waals surface area contributed by atoms with Crippen LogP contribution in [-0.4, -0.2) is 16.9 Å². The number of fused-ring (bicyclic) bond motifs is 1. The molecule has 4 nitrogen and oxygen atoms in total. The van der Waals surface area contributed by atoms with Crippen molar-refractivity contribution in [2.24, 2.45) is 5.92 Å². The molecule has 0 saturated heterocycles. The summed E-state index contributed by atoms with van der Waals surface area (Å²) >= 11 is 0. The van der Waals surface area contributed by atoms with Crippen molar-refractivity contribution in [3.63, 3.8) is 0 Å². The zero-order valence-corrected chi connectivity index (χ0v) is 7.53. The molecule has 0 bridgehead atoms. The van der Waals surface area contributed by atoms with Gasteiger partial charge in [0.25, 0.3) is 0 Å². The molecule has 1 aliphatic rings. The summed E-state index contributed by atoms with van der Waals surface area (Å²) in [5.41, 5.74) is 0.558. The van der Waals surface area contributed by atoms with Crippen LogP contribution in [0.1, 0.15) is 29.0 Å². The van der Waals surface area contributed by atoms with Crippen molar-refractivity contribution < 1.29 is 19.1 Å². The molecule has 0 spiro atoms. The fourth-order valence-electron chi connectivity index (χ4n) is 1.82. The van der Waals surface area contributed by atoms with Crippen LogP contribution in [0.25, 0.3) is 0 Å². The molecular weight excluding hydrogens is 184 g/mol. The summed E-state index contributed by atoms with van der Waals surface area (Å²) in [5.74, 6) is -0.702. The Morgan fingerprint density at radius 3 is 3.14 bits per heavy atom. The highest BCUT2D eigenvalue weighted by atomic mass is 16.4. The highest BCUT2D eigenvalue weighted by Gasteiger charge is 2.30. The van der Waals surface area contributed by atoms with Crippen LogP contribution in [0.15, 0.2) is 16.7 Å². The predicted octanol–water partition coefficient (Wildman–Crippen LogP) is 1.50. The van der Waals surface area contributed by atoms with Crippen molar-refractivity contribution in [2.75, 3.05) is 0 Å². The number of aliphatic carboxylic acids is 1. The summed E-state index contributed by atoms with van der Waals surface area (Å²) in [6, 6.07) is 1.62. The molecule has 14 heavy (non-hydrogen) atoms. The van der Waals surface area contributed by atoms with Gasteiger partial charge in [-0.15, -0.1) is 0 Å². The molecule has 0 amide bonds. The second kappa shape index (κ2) is 3.29. The van der Waals surface area contributed by atoms with E-state index in [1.807, 2.05) is 0 Å². The fraction of sp³-hybridized carbons (Fsp3) is 0.400. The lowest BCUT2D eigenvalue weighted by atomic mass is 9.85. The number of carboxylic acid groups (broad SMARTS) is 1. The predicted molar refractivity (Wildman–Crippen MR) is 47.1 cm³/mol. The van der Waals surface area contributed by atoms with Crippen molar-refractivity contribution in [3.8, 4) is 0 Å². The fourth-order valence-corrected chi connectivity index (χ4v) is 1.82. The molecule has 1 atom stereocenters. The highest BCUT2D eigenvalue weighted by molar-refractivity contribution is 6.01. The third kappa shape index (κ3) is 1.43. The lowest BCUT2D eigenvalue weighted by molar-refractivity contribution is -0.137. The van der Waals surface area contributed by atoms with Crippen LogP contribution in [0.4, 0.5) is 0 Å². The average Bonchev–Trinajstić information content (AvgIpc) is 2.57. The maximum atomic E-state index is 11.7. The van der Waals surface area contributed by atoms with Gasteiger partial charge in [-0.2, -0.15) is 0 Å². The van der Waals surface area contributed by atoms with Crippen molar-refractivity contribution in [3.05, 3.63) is 23.7 Å². The normalized spacial score (nSPS) is 20.6. The number of carboxylic acids is 1. The smallest absolute Gasteiger partial charge is 0.304 e. The number of hydrogen-bond donors (Lipinski definition) is 1. The lowest BCUT2D eigenvalue weighted by Gasteiger charge is -2.17. The van der Waals surface area contributed by atoms with E-state index in [9.17, 15) is 9.59 Å². The van der Waals surface area contributed by atoms with Crippen LogP contribution in [0.2, 0.25) is 0 Å². The van der Waals surface area contributed by atoms with E-state index in [1.165, 1.54) is 6.26 Å². The van der Waals surface area contributed by atoms with Gasteiger partial charge in [0.15, 0.2) is 5.78 Å². The first kappa shape index (κ1) is 8.99. The summed E-state index contributed by atoms with van der Waals surface area (Å²) in [6.07, 6.45) is 2.63. The van der Waals surface area contributed by atoms with E-state index < -0.39 is 5.97 Å². The monoisotopic (exact) mass is 194 g/mol. The Bertz CT molecular complexity index is 377. The Hall–Kier alpha value is -1.58. The molecule has 0 aliphatic heterocycles. The molecular formula is C10H10O4. The van der Waals surface area contributed by atoms with Gasteiger partial charge in [0.1, 0.15) is 5.76 Å². The number of rotatable bonds is 2. The van der Waals surface area contributed by atoms with Gasteiger partial charge in [0.2, 0.25) is 0 Å². The minimum absolute atomic E-state index is 0.0799. The topological polar surface area (TPSA) is 67.5 Å². The van der Waals surface area contributed by atoms with Gasteiger partial charge in [0.05, 0.1) is 18.2 Å². The SMILES string of the molecule is O=C(O)C[C@@H]1CCc2occc2C1=O. The second-order valence-corrected chi connectivity index (χ2v) is 3.46. The van der Waals surface area contributed by atoms with Gasteiger partial charge in [0, 0.05) is 12.3 Å². The summed E-state index contributed by atoms with van der Waals surface area (Å²) < 4.78 is 5.11. The van der Waals surface area contributed by atoms with E-state index in [4.69, 9.17) is 9.52 Å². The standard InChI is InChI=1S/C10H10O4/c11-9(12)5-6-1-2-8-7(10(6)13)3-4-14-8/h3-4,6H,1-2,5H2,(H,11,12)/t6-/m0/s1. The van der Waals surface area contributed by atoms with E-state index in [2.05, 4.69) is 0 Å². The second-order valence-electron chi connectivity index (χ2n) is 3.46. The molecule has 1 aromatic heterocycles. The van der Waals surface area contributed by atoms with E-state index in [1.54, 1.807) is 6.07 Å². The van der Waals surface area contributed by atoms with E-state index >= 15 is 0 Å². The molecule has 1 aromatic rings. The average molecular weight is 194 g/mol. The van der Waals surface area contributed by atoms with Crippen LogP contribution in [0.5, 0.6) is 0 Å². The van der Waals surface area contributed by atoms with Crippen LogP contribution in [0, 0.1) is 5.92 Å². The number of Topliss-reactive ketones (excluding diaryl/α,β-unsaturated/α-hetero) is 1. The van der Waals surface area contributed by atoms with E-state index in [0.717, 1.165) is 0 Å². The number of furan rings is 1. The van der Waals surface area contributed by atoms with Crippen LogP contribution >= 0.6 is 0 Å². The van der Waals surface area contributed by atoms with Gasteiger partial charge in [-0.25, -0.2) is 0 Å². The van der Waals surface area contributed by atoms with Gasteiger partial charge in [-0.1, -0.05) is 0 Å². The van der Waals surface area contributed by atoms with Crippen LogP contribution in [0.3, 0.4) is 0 Å². The molecule has 0 unspecified atom stereocenters. The molecule has 1 aliphatic carbocycles. The largest absolute Gasteiger partial charge is 0.481 e. The molecule has 1 heterocycles. The zero-order valence-electron chi connectivity index (χ0n) is 7.53. The summed E-state index contributed by atoms with van der Waals surface area (Å²) in [4.78, 5) is 22.2. The minimum atomic E-state index is -0.921. The first-order valence-corrected chi connectivity index (χ1v) is 4.51. The molecule has 0 radical (unpaired) electrons. The van der Waals surface area contributed by atoms with E-state index in [-0.39, 0.29) is 18.1 Å². The number of hydrogen-bond acceptors (Lipinski definition) is 3. The summed E-state index contributed by atoms with van der Waals surface area (Å²) in [7, 11) is 0. The number of carbonyl (C=O) groups excluding carboxylic acids is 1. The highest BCUT2D eigenvalue weighted by Crippen LogP contribution is 2.28. The Kier molecular flexibility index (Phi) is 2.11. The first-order valence-electron chi connectivity index (χ1n) is 4.51. The molecule has 4 heteroatoms. The van der Waals surface area contributed by atoms with Gasteiger partial charge < -0.3 is 9.52 Å². The number of carbonyl (C=O) groups is 2. The van der Waals surface area contributed by atoms with Crippen molar-refractivity contribution in [1.29, 1.82) is 0 Å². The maximum absolute atomic E-state index is 11.7. The third-order valence-corrected chi connectivity index (χ3v) is 2.52. The Morgan fingerprint density at radius 2 is 2.43 bits per heavy atom. The number of ketones is 1. The van der Waals surface area contributed by atoms with Crippen molar-refractivity contribution in [1.82, 2.24) is 0 Å². The molecule has 0 aromatic carbocycles. The van der Waals surface area contributed by atoms with Gasteiger partial charge >= 0.3 is 5.97 Å². The Morgan fingerprint density at radius 1 is 1.64 bits per heavy atom. The van der Waals surface area contributed by atoms with Crippen LogP contribution in [-0.2, 0) is 11.2 Å². The van der Waals surface area contributed by atoms with Crippen molar-refractivity contribution >= 4 is 11.8 Å². The molecule has 1 N–H and O–H groups in total. The minimum Gasteiger partial charge on any atom is -0.481 e. The van der Waals surface area contributed by atoms with Gasteiger partial charge in [-0.05, 0) is 12.5 Å². The zero-order chi connectivity index (χ0) is 10.1. The summed E-state index contributed by atoms with van der Waals surface area (Å²) in [6.45, 7) is 0. The molecule has 2 rings (SSSR count). The van der Waals surface area contributed by atoms with Crippen LogP contribution < -0.4 is 0 Å². The van der Waals surface area contributed by atoms with Crippen molar-refractivity contribution in [2.45, 2.75) is 19.3 Å².